The molecule has 0 aliphatic heterocycles. The van der Waals surface area contributed by atoms with E-state index in [0.29, 0.717) is 24.6 Å². The van der Waals surface area contributed by atoms with Gasteiger partial charge in [0.15, 0.2) is 5.82 Å². The van der Waals surface area contributed by atoms with Crippen molar-refractivity contribution in [1.29, 1.82) is 0 Å². The first-order chi connectivity index (χ1) is 11.9. The molecule has 1 aliphatic rings. The quantitative estimate of drug-likeness (QED) is 0.855. The van der Waals surface area contributed by atoms with Crippen LogP contribution in [0.1, 0.15) is 78.1 Å². The number of amides is 1. The Morgan fingerprint density at radius 1 is 1.20 bits per heavy atom. The average molecular weight is 344 g/mol. The summed E-state index contributed by atoms with van der Waals surface area (Å²) in [5.41, 5.74) is -0.817. The lowest BCUT2D eigenvalue weighted by molar-refractivity contribution is 0.0690. The average Bonchev–Trinajstić information content (AvgIpc) is 3.25. The second-order valence-electron chi connectivity index (χ2n) is 6.57. The van der Waals surface area contributed by atoms with Crippen molar-refractivity contribution >= 4 is 11.9 Å². The first-order valence-electron chi connectivity index (χ1n) is 8.28. The molecule has 1 fully saturated rings. The van der Waals surface area contributed by atoms with Gasteiger partial charge in [-0.3, -0.25) is 4.79 Å². The molecule has 1 aliphatic carbocycles. The van der Waals surface area contributed by atoms with E-state index in [9.17, 15) is 9.59 Å². The monoisotopic (exact) mass is 344 g/mol. The zero-order chi connectivity index (χ0) is 18.0. The minimum Gasteiger partial charge on any atom is -0.477 e. The van der Waals surface area contributed by atoms with Crippen LogP contribution in [-0.4, -0.2) is 32.1 Å². The number of rotatable bonds is 5. The number of nitrogens with zero attached hydrogens (tertiary/aromatic N) is 3. The fourth-order valence-corrected chi connectivity index (χ4v) is 3.01. The summed E-state index contributed by atoms with van der Waals surface area (Å²) >= 11 is 0. The van der Waals surface area contributed by atoms with Gasteiger partial charge in [-0.1, -0.05) is 37.9 Å². The van der Waals surface area contributed by atoms with Crippen molar-refractivity contribution in [1.82, 2.24) is 20.4 Å². The number of hydrogen-bond donors (Lipinski definition) is 2. The highest BCUT2D eigenvalue weighted by molar-refractivity contribution is 5.94. The Bertz CT molecular complexity index is 793. The number of aromatic nitrogens is 3. The van der Waals surface area contributed by atoms with Gasteiger partial charge in [0.1, 0.15) is 16.9 Å². The molecule has 2 aromatic heterocycles. The third-order valence-electron chi connectivity index (χ3n) is 4.37. The van der Waals surface area contributed by atoms with Crippen molar-refractivity contribution < 1.29 is 19.2 Å². The minimum atomic E-state index is -1.18. The topological polar surface area (TPSA) is 118 Å². The van der Waals surface area contributed by atoms with Gasteiger partial charge in [-0.15, -0.1) is 0 Å². The lowest BCUT2D eigenvalue weighted by Gasteiger charge is -2.26. The van der Waals surface area contributed by atoms with Crippen LogP contribution in [0.2, 0.25) is 0 Å². The van der Waals surface area contributed by atoms with Crippen molar-refractivity contribution in [2.24, 2.45) is 0 Å². The Morgan fingerprint density at radius 3 is 2.48 bits per heavy atom. The molecule has 25 heavy (non-hydrogen) atoms. The van der Waals surface area contributed by atoms with Crippen LogP contribution in [-0.2, 0) is 5.54 Å². The van der Waals surface area contributed by atoms with Gasteiger partial charge in [-0.25, -0.2) is 9.78 Å². The summed E-state index contributed by atoms with van der Waals surface area (Å²) < 4.78 is 5.30. The van der Waals surface area contributed by atoms with Crippen molar-refractivity contribution in [2.75, 3.05) is 0 Å². The SMILES string of the molecule is CC(C)c1nc(C2(NC(=O)c3cccc(C(=O)O)n3)CCCC2)no1. The van der Waals surface area contributed by atoms with Gasteiger partial charge >= 0.3 is 5.97 Å². The first kappa shape index (κ1) is 17.1. The maximum atomic E-state index is 12.6. The summed E-state index contributed by atoms with van der Waals surface area (Å²) in [6.07, 6.45) is 3.28. The van der Waals surface area contributed by atoms with Crippen LogP contribution in [0.4, 0.5) is 0 Å². The highest BCUT2D eigenvalue weighted by atomic mass is 16.5. The molecular weight excluding hydrogens is 324 g/mol. The lowest BCUT2D eigenvalue weighted by Crippen LogP contribution is -2.45. The number of aromatic carboxylic acids is 1. The van der Waals surface area contributed by atoms with Crippen LogP contribution in [0.25, 0.3) is 0 Å². The van der Waals surface area contributed by atoms with Crippen LogP contribution in [0, 0.1) is 0 Å². The Hall–Kier alpha value is -2.77. The Balaban J connectivity index is 1.87. The number of carbonyl (C=O) groups is 2. The number of hydrogen-bond acceptors (Lipinski definition) is 6. The minimum absolute atomic E-state index is 0.0544. The number of carbonyl (C=O) groups excluding carboxylic acids is 1. The maximum absolute atomic E-state index is 12.6. The largest absolute Gasteiger partial charge is 0.477 e. The molecule has 8 nitrogen and oxygen atoms in total. The third-order valence-corrected chi connectivity index (χ3v) is 4.37. The van der Waals surface area contributed by atoms with Gasteiger partial charge in [-0.2, -0.15) is 4.98 Å². The zero-order valence-electron chi connectivity index (χ0n) is 14.2. The van der Waals surface area contributed by atoms with Crippen molar-refractivity contribution in [3.05, 3.63) is 41.3 Å². The van der Waals surface area contributed by atoms with Crippen LogP contribution >= 0.6 is 0 Å². The summed E-state index contributed by atoms with van der Waals surface area (Å²) in [6.45, 7) is 3.91. The molecule has 8 heteroatoms. The predicted octanol–water partition coefficient (Wildman–Crippen LogP) is 2.49. The highest BCUT2D eigenvalue weighted by Gasteiger charge is 2.42. The molecule has 2 heterocycles. The summed E-state index contributed by atoms with van der Waals surface area (Å²) in [6, 6.07) is 4.33. The van der Waals surface area contributed by atoms with Gasteiger partial charge in [0.05, 0.1) is 0 Å². The van der Waals surface area contributed by atoms with Gasteiger partial charge in [0.25, 0.3) is 5.91 Å². The number of nitrogens with one attached hydrogen (secondary N) is 1. The van der Waals surface area contributed by atoms with Crippen LogP contribution in [0.5, 0.6) is 0 Å². The summed E-state index contributed by atoms with van der Waals surface area (Å²) in [5, 5.41) is 16.1. The lowest BCUT2D eigenvalue weighted by atomic mass is 9.96. The molecule has 0 spiro atoms. The second kappa shape index (κ2) is 6.62. The molecule has 0 aromatic carbocycles. The molecule has 3 rings (SSSR count). The third kappa shape index (κ3) is 3.38. The Labute approximate surface area is 144 Å². The maximum Gasteiger partial charge on any atom is 0.354 e. The molecule has 0 bridgehead atoms. The fraction of sp³-hybridized carbons (Fsp3) is 0.471. The summed E-state index contributed by atoms with van der Waals surface area (Å²) in [5.74, 6) is -0.520. The van der Waals surface area contributed by atoms with E-state index in [1.54, 1.807) is 0 Å². The number of carboxylic acids is 1. The number of pyridine rings is 1. The highest BCUT2D eigenvalue weighted by Crippen LogP contribution is 2.37. The molecule has 1 amide bonds. The van der Waals surface area contributed by atoms with Crippen molar-refractivity contribution in [3.63, 3.8) is 0 Å². The summed E-state index contributed by atoms with van der Waals surface area (Å²) in [7, 11) is 0. The molecule has 132 valence electrons. The van der Waals surface area contributed by atoms with Gasteiger partial charge in [-0.05, 0) is 25.0 Å². The van der Waals surface area contributed by atoms with Crippen molar-refractivity contribution in [3.8, 4) is 0 Å². The van der Waals surface area contributed by atoms with E-state index in [4.69, 9.17) is 9.63 Å². The fourth-order valence-electron chi connectivity index (χ4n) is 3.01. The van der Waals surface area contributed by atoms with Crippen LogP contribution in [0.3, 0.4) is 0 Å². The standard InChI is InChI=1S/C17H20N4O4/c1-10(2)14-19-16(21-25-14)17(8-3-4-9-17)20-13(22)11-6-5-7-12(18-11)15(23)24/h5-7,10H,3-4,8-9H2,1-2H3,(H,20,22)(H,23,24). The van der Waals surface area contributed by atoms with E-state index in [1.165, 1.54) is 18.2 Å². The van der Waals surface area contributed by atoms with E-state index < -0.39 is 17.4 Å². The smallest absolute Gasteiger partial charge is 0.354 e. The molecule has 2 aromatic rings. The first-order valence-corrected chi connectivity index (χ1v) is 8.28. The van der Waals surface area contributed by atoms with E-state index in [-0.39, 0.29) is 17.3 Å². The molecule has 0 atom stereocenters. The molecule has 0 saturated heterocycles. The van der Waals surface area contributed by atoms with E-state index >= 15 is 0 Å². The predicted molar refractivity (Wildman–Crippen MR) is 87.2 cm³/mol. The van der Waals surface area contributed by atoms with Gasteiger partial charge < -0.3 is 14.9 Å². The van der Waals surface area contributed by atoms with Gasteiger partial charge in [0, 0.05) is 5.92 Å². The molecule has 1 saturated carbocycles. The molecule has 0 unspecified atom stereocenters. The Kier molecular flexibility index (Phi) is 4.52. The number of carboxylic acid groups (broad SMARTS) is 1. The molecule has 0 radical (unpaired) electrons. The van der Waals surface area contributed by atoms with Crippen LogP contribution in [0.15, 0.2) is 22.7 Å². The van der Waals surface area contributed by atoms with Crippen LogP contribution < -0.4 is 5.32 Å². The molecular formula is C17H20N4O4. The molecule has 2 N–H and O–H groups in total. The van der Waals surface area contributed by atoms with E-state index in [0.717, 1.165) is 12.8 Å². The Morgan fingerprint density at radius 2 is 1.88 bits per heavy atom. The van der Waals surface area contributed by atoms with Crippen molar-refractivity contribution in [2.45, 2.75) is 51.0 Å². The normalized spacial score (nSPS) is 16.1. The van der Waals surface area contributed by atoms with Gasteiger partial charge in [0.2, 0.25) is 5.89 Å². The summed E-state index contributed by atoms with van der Waals surface area (Å²) in [4.78, 5) is 32.0. The van der Waals surface area contributed by atoms with E-state index in [1.807, 2.05) is 13.8 Å². The zero-order valence-corrected chi connectivity index (χ0v) is 14.2. The van der Waals surface area contributed by atoms with E-state index in [2.05, 4.69) is 20.4 Å². The second-order valence-corrected chi connectivity index (χ2v) is 6.57.